The Balaban J connectivity index is 1.62. The number of carbonyl (C=O) groups excluding carboxylic acids is 2. The number of aliphatic hydroxyl groups is 1. The van der Waals surface area contributed by atoms with Crippen LogP contribution in [0.25, 0.3) is 16.9 Å². The number of amides is 3. The average molecular weight is 511 g/mol. The minimum absolute atomic E-state index is 0.0575. The Hall–Kier alpha value is -3.53. The number of hydrogen-bond acceptors (Lipinski definition) is 5. The molecule has 3 aromatic rings. The molecule has 1 aliphatic heterocycles. The molecule has 3 heterocycles. The molecule has 198 valence electrons. The lowest BCUT2D eigenvalue weighted by molar-refractivity contribution is 0.0652. The van der Waals surface area contributed by atoms with Gasteiger partial charge in [-0.25, -0.2) is 18.7 Å². The van der Waals surface area contributed by atoms with Gasteiger partial charge in [-0.1, -0.05) is 20.8 Å². The van der Waals surface area contributed by atoms with E-state index in [-0.39, 0.29) is 30.1 Å². The van der Waals surface area contributed by atoms with Crippen LogP contribution in [0, 0.1) is 11.7 Å². The number of aromatic nitrogens is 3. The molecule has 2 atom stereocenters. The lowest BCUT2D eigenvalue weighted by atomic mass is 10.0. The molecule has 2 aromatic heterocycles. The molecule has 37 heavy (non-hydrogen) atoms. The second kappa shape index (κ2) is 10.8. The van der Waals surface area contributed by atoms with Crippen LogP contribution < -0.4 is 5.32 Å². The van der Waals surface area contributed by atoms with E-state index < -0.39 is 11.9 Å². The van der Waals surface area contributed by atoms with Crippen molar-refractivity contribution in [1.29, 1.82) is 0 Å². The number of nitrogens with one attached hydrogen (secondary N) is 1. The SMILES string of the molecule is CCc1cc(C(=O)N(CC)C(C)C(C)C)nn2cc(-c3ccc(NC(=O)N4CC[C@@H](O)C4)cc3F)nc12. The van der Waals surface area contributed by atoms with Gasteiger partial charge in [0.2, 0.25) is 0 Å². The number of nitrogens with zero attached hydrogens (tertiary/aromatic N) is 5. The average Bonchev–Trinajstić information content (AvgIpc) is 3.49. The molecule has 1 aliphatic rings. The topological polar surface area (TPSA) is 103 Å². The Morgan fingerprint density at radius 1 is 1.24 bits per heavy atom. The molecule has 10 heteroatoms. The lowest BCUT2D eigenvalue weighted by Crippen LogP contribution is -2.41. The number of benzene rings is 1. The van der Waals surface area contributed by atoms with Crippen molar-refractivity contribution in [3.63, 3.8) is 0 Å². The van der Waals surface area contributed by atoms with Gasteiger partial charge < -0.3 is 20.2 Å². The van der Waals surface area contributed by atoms with Crippen molar-refractivity contribution in [2.24, 2.45) is 5.92 Å². The molecule has 1 saturated heterocycles. The summed E-state index contributed by atoms with van der Waals surface area (Å²) >= 11 is 0. The summed E-state index contributed by atoms with van der Waals surface area (Å²) in [6.45, 7) is 11.4. The summed E-state index contributed by atoms with van der Waals surface area (Å²) in [6, 6.07) is 5.88. The number of aliphatic hydroxyl groups excluding tert-OH is 1. The number of halogens is 1. The number of β-amino-alcohol motifs (C(OH)–C–C–N with tert-alkyl or cyclic N) is 1. The first-order chi connectivity index (χ1) is 17.6. The summed E-state index contributed by atoms with van der Waals surface area (Å²) in [5, 5.41) is 16.8. The number of urea groups is 1. The van der Waals surface area contributed by atoms with Crippen molar-refractivity contribution in [3.05, 3.63) is 47.5 Å². The Labute approximate surface area is 216 Å². The van der Waals surface area contributed by atoms with Crippen molar-refractivity contribution >= 4 is 23.3 Å². The largest absolute Gasteiger partial charge is 0.391 e. The fourth-order valence-electron chi connectivity index (χ4n) is 4.59. The normalized spacial score (nSPS) is 16.4. The zero-order valence-electron chi connectivity index (χ0n) is 22.0. The quantitative estimate of drug-likeness (QED) is 0.496. The molecule has 9 nitrogen and oxygen atoms in total. The number of hydrogen-bond donors (Lipinski definition) is 2. The fraction of sp³-hybridized carbons (Fsp3) is 0.481. The third kappa shape index (κ3) is 5.44. The molecule has 1 fully saturated rings. The minimum atomic E-state index is -0.542. The van der Waals surface area contributed by atoms with Gasteiger partial charge in [-0.2, -0.15) is 5.10 Å². The minimum Gasteiger partial charge on any atom is -0.391 e. The van der Waals surface area contributed by atoms with Gasteiger partial charge in [0.25, 0.3) is 5.91 Å². The highest BCUT2D eigenvalue weighted by Gasteiger charge is 2.26. The second-order valence-electron chi connectivity index (χ2n) is 9.89. The van der Waals surface area contributed by atoms with Crippen molar-refractivity contribution in [3.8, 4) is 11.3 Å². The number of aryl methyl sites for hydroxylation is 1. The summed E-state index contributed by atoms with van der Waals surface area (Å²) in [5.41, 5.74) is 2.70. The van der Waals surface area contributed by atoms with Crippen LogP contribution in [-0.2, 0) is 6.42 Å². The van der Waals surface area contributed by atoms with E-state index >= 15 is 4.39 Å². The zero-order valence-corrected chi connectivity index (χ0v) is 22.0. The van der Waals surface area contributed by atoms with Gasteiger partial charge in [0.05, 0.1) is 18.0 Å². The van der Waals surface area contributed by atoms with E-state index in [0.717, 1.165) is 5.56 Å². The first-order valence-corrected chi connectivity index (χ1v) is 12.9. The summed E-state index contributed by atoms with van der Waals surface area (Å²) in [5.74, 6) is -0.386. The Bertz CT molecular complexity index is 1310. The predicted molar refractivity (Wildman–Crippen MR) is 140 cm³/mol. The lowest BCUT2D eigenvalue weighted by Gasteiger charge is -2.30. The van der Waals surface area contributed by atoms with Crippen LogP contribution in [0.3, 0.4) is 0 Å². The molecule has 1 unspecified atom stereocenters. The van der Waals surface area contributed by atoms with Crippen LogP contribution in [0.2, 0.25) is 0 Å². The number of rotatable bonds is 7. The smallest absolute Gasteiger partial charge is 0.321 e. The molecule has 2 N–H and O–H groups in total. The van der Waals surface area contributed by atoms with Crippen LogP contribution in [0.4, 0.5) is 14.9 Å². The Kier molecular flexibility index (Phi) is 7.77. The van der Waals surface area contributed by atoms with Crippen LogP contribution in [0.1, 0.15) is 57.1 Å². The molecule has 1 aromatic carbocycles. The van der Waals surface area contributed by atoms with Gasteiger partial charge in [0.15, 0.2) is 5.65 Å². The standard InChI is InChI=1S/C27H35FN6O3/c1-6-18-12-23(26(36)33(7-2)17(5)16(3)4)31-34-15-24(30-25(18)34)21-9-8-19(13-22(21)28)29-27(37)32-11-10-20(35)14-32/h8-9,12-13,15-17,20,35H,6-7,10-11,14H2,1-5H3,(H,29,37)/t17?,20-/m1/s1. The number of carbonyl (C=O) groups is 2. The molecule has 0 bridgehead atoms. The Morgan fingerprint density at radius 3 is 2.59 bits per heavy atom. The Morgan fingerprint density at radius 2 is 2.00 bits per heavy atom. The van der Waals surface area contributed by atoms with Crippen LogP contribution in [0.5, 0.6) is 0 Å². The van der Waals surface area contributed by atoms with Crippen LogP contribution in [0.15, 0.2) is 30.5 Å². The van der Waals surface area contributed by atoms with Gasteiger partial charge in [-0.15, -0.1) is 0 Å². The highest BCUT2D eigenvalue weighted by atomic mass is 19.1. The van der Waals surface area contributed by atoms with Gasteiger partial charge >= 0.3 is 6.03 Å². The van der Waals surface area contributed by atoms with Crippen LogP contribution in [-0.4, -0.2) is 73.2 Å². The maximum Gasteiger partial charge on any atom is 0.321 e. The molecule has 0 radical (unpaired) electrons. The fourth-order valence-corrected chi connectivity index (χ4v) is 4.59. The molecule has 0 aliphatic carbocycles. The maximum atomic E-state index is 15.1. The van der Waals surface area contributed by atoms with Crippen molar-refractivity contribution < 1.29 is 19.1 Å². The van der Waals surface area contributed by atoms with Gasteiger partial charge in [0.1, 0.15) is 11.5 Å². The monoisotopic (exact) mass is 510 g/mol. The van der Waals surface area contributed by atoms with E-state index in [9.17, 15) is 14.7 Å². The first-order valence-electron chi connectivity index (χ1n) is 12.9. The third-order valence-corrected chi connectivity index (χ3v) is 7.11. The van der Waals surface area contributed by atoms with Crippen LogP contribution >= 0.6 is 0 Å². The molecule has 0 spiro atoms. The van der Waals surface area contributed by atoms with Gasteiger partial charge in [-0.05, 0) is 62.4 Å². The highest BCUT2D eigenvalue weighted by molar-refractivity contribution is 5.93. The zero-order chi connectivity index (χ0) is 26.9. The molecule has 4 rings (SSSR count). The highest BCUT2D eigenvalue weighted by Crippen LogP contribution is 2.27. The maximum absolute atomic E-state index is 15.1. The number of imidazole rings is 1. The number of likely N-dealkylation sites (tertiary alicyclic amines) is 1. The third-order valence-electron chi connectivity index (χ3n) is 7.11. The summed E-state index contributed by atoms with van der Waals surface area (Å²) < 4.78 is 16.7. The molecular weight excluding hydrogens is 475 g/mol. The summed E-state index contributed by atoms with van der Waals surface area (Å²) in [7, 11) is 0. The second-order valence-corrected chi connectivity index (χ2v) is 9.89. The van der Waals surface area contributed by atoms with Crippen molar-refractivity contribution in [2.45, 2.75) is 59.6 Å². The summed E-state index contributed by atoms with van der Waals surface area (Å²) in [4.78, 5) is 33.6. The van der Waals surface area contributed by atoms with E-state index in [1.54, 1.807) is 28.9 Å². The number of fused-ring (bicyclic) bond motifs is 1. The first kappa shape index (κ1) is 26.5. The van der Waals surface area contributed by atoms with Crippen molar-refractivity contribution in [1.82, 2.24) is 24.4 Å². The summed E-state index contributed by atoms with van der Waals surface area (Å²) in [6.07, 6.45) is 2.26. The molecular formula is C27H35FN6O3. The number of anilines is 1. The van der Waals surface area contributed by atoms with E-state index in [0.29, 0.717) is 54.6 Å². The van der Waals surface area contributed by atoms with Gasteiger partial charge in [-0.3, -0.25) is 4.79 Å². The molecule has 3 amide bonds. The van der Waals surface area contributed by atoms with Gasteiger partial charge in [0, 0.05) is 36.9 Å². The van der Waals surface area contributed by atoms with E-state index in [4.69, 9.17) is 0 Å². The molecule has 0 saturated carbocycles. The van der Waals surface area contributed by atoms with E-state index in [2.05, 4.69) is 29.2 Å². The predicted octanol–water partition coefficient (Wildman–Crippen LogP) is 4.20. The van der Waals surface area contributed by atoms with E-state index in [1.807, 2.05) is 25.7 Å². The van der Waals surface area contributed by atoms with E-state index in [1.165, 1.54) is 11.0 Å². The van der Waals surface area contributed by atoms with Crippen molar-refractivity contribution in [2.75, 3.05) is 25.0 Å².